The second kappa shape index (κ2) is 11.1. The Kier molecular flexibility index (Phi) is 8.04. The summed E-state index contributed by atoms with van der Waals surface area (Å²) in [6.45, 7) is 3.18. The lowest BCUT2D eigenvalue weighted by atomic mass is 10.1. The fourth-order valence-corrected chi connectivity index (χ4v) is 3.35. The van der Waals surface area contributed by atoms with E-state index in [0.29, 0.717) is 49.0 Å². The molecule has 9 nitrogen and oxygen atoms in total. The smallest absolute Gasteiger partial charge is 0.326 e. The van der Waals surface area contributed by atoms with Gasteiger partial charge in [-0.2, -0.15) is 0 Å². The van der Waals surface area contributed by atoms with E-state index in [-0.39, 0.29) is 24.9 Å². The first-order chi connectivity index (χ1) is 15.5. The van der Waals surface area contributed by atoms with Gasteiger partial charge in [0, 0.05) is 25.9 Å². The Morgan fingerprint density at radius 2 is 1.78 bits per heavy atom. The molecule has 9 heteroatoms. The molecule has 0 atom stereocenters. The third-order valence-corrected chi connectivity index (χ3v) is 4.87. The predicted molar refractivity (Wildman–Crippen MR) is 122 cm³/mol. The number of nitrogens with zero attached hydrogens (tertiary/aromatic N) is 2. The predicted octanol–water partition coefficient (Wildman–Crippen LogP) is 2.62. The second-order valence-electron chi connectivity index (χ2n) is 7.14. The van der Waals surface area contributed by atoms with Crippen LogP contribution in [0.15, 0.2) is 48.5 Å². The molecule has 3 rings (SSSR count). The van der Waals surface area contributed by atoms with Crippen LogP contribution in [0.2, 0.25) is 0 Å². The van der Waals surface area contributed by atoms with Crippen molar-refractivity contribution in [1.82, 2.24) is 5.32 Å². The molecule has 1 aliphatic rings. The number of nitrogens with one attached hydrogen (secondary N) is 2. The van der Waals surface area contributed by atoms with E-state index in [1.165, 1.54) is 9.80 Å². The Hall–Kier alpha value is -3.59. The highest BCUT2D eigenvalue weighted by Crippen LogP contribution is 2.33. The number of benzene rings is 2. The van der Waals surface area contributed by atoms with Crippen LogP contribution in [0.25, 0.3) is 0 Å². The number of urea groups is 1. The van der Waals surface area contributed by atoms with Gasteiger partial charge in [0.25, 0.3) is 0 Å². The van der Waals surface area contributed by atoms with Crippen molar-refractivity contribution in [3.05, 3.63) is 48.5 Å². The second-order valence-corrected chi connectivity index (χ2v) is 7.14. The van der Waals surface area contributed by atoms with Gasteiger partial charge in [0.15, 0.2) is 0 Å². The summed E-state index contributed by atoms with van der Waals surface area (Å²) in [5.74, 6) is 0.106. The van der Waals surface area contributed by atoms with Gasteiger partial charge in [-0.15, -0.1) is 0 Å². The summed E-state index contributed by atoms with van der Waals surface area (Å²) < 4.78 is 10.4. The minimum absolute atomic E-state index is 0.114. The number of fused-ring (bicyclic) bond motifs is 1. The minimum atomic E-state index is -0.432. The van der Waals surface area contributed by atoms with Crippen molar-refractivity contribution >= 4 is 34.9 Å². The van der Waals surface area contributed by atoms with Gasteiger partial charge in [0.2, 0.25) is 11.8 Å². The molecular formula is C23H28N4O5. The molecule has 0 spiro atoms. The molecule has 0 saturated carbocycles. The lowest BCUT2D eigenvalue weighted by molar-refractivity contribution is -0.123. The number of carbonyl (C=O) groups is 3. The molecule has 1 heterocycles. The zero-order valence-electron chi connectivity index (χ0n) is 18.3. The number of amides is 4. The molecule has 0 radical (unpaired) electrons. The molecule has 0 aliphatic carbocycles. The maximum atomic E-state index is 12.9. The van der Waals surface area contributed by atoms with Crippen molar-refractivity contribution in [3.63, 3.8) is 0 Å². The fourth-order valence-electron chi connectivity index (χ4n) is 3.35. The average Bonchev–Trinajstić information content (AvgIpc) is 2.80. The van der Waals surface area contributed by atoms with E-state index in [1.54, 1.807) is 55.6 Å². The highest BCUT2D eigenvalue weighted by Gasteiger charge is 2.33. The molecular weight excluding hydrogens is 412 g/mol. The molecule has 170 valence electrons. The lowest BCUT2D eigenvalue weighted by Crippen LogP contribution is -2.52. The average molecular weight is 441 g/mol. The minimum Gasteiger partial charge on any atom is -0.494 e. The molecule has 2 aromatic rings. The quantitative estimate of drug-likeness (QED) is 0.584. The topological polar surface area (TPSA) is 100 Å². The van der Waals surface area contributed by atoms with Crippen LogP contribution in [0.5, 0.6) is 5.75 Å². The highest BCUT2D eigenvalue weighted by molar-refractivity contribution is 6.15. The molecule has 2 N–H and O–H groups in total. The number of ether oxygens (including phenoxy) is 2. The first-order valence-electron chi connectivity index (χ1n) is 10.5. The zero-order chi connectivity index (χ0) is 22.9. The first-order valence-corrected chi connectivity index (χ1v) is 10.5. The molecule has 0 saturated heterocycles. The van der Waals surface area contributed by atoms with E-state index < -0.39 is 6.03 Å². The van der Waals surface area contributed by atoms with Crippen molar-refractivity contribution in [2.75, 3.05) is 55.1 Å². The molecule has 32 heavy (non-hydrogen) atoms. The van der Waals surface area contributed by atoms with Crippen LogP contribution >= 0.6 is 0 Å². The van der Waals surface area contributed by atoms with E-state index >= 15 is 0 Å². The monoisotopic (exact) mass is 440 g/mol. The molecule has 0 bridgehead atoms. The lowest BCUT2D eigenvalue weighted by Gasteiger charge is -2.35. The number of hydrogen-bond donors (Lipinski definition) is 2. The number of anilines is 3. The van der Waals surface area contributed by atoms with Gasteiger partial charge in [-0.25, -0.2) is 4.79 Å². The van der Waals surface area contributed by atoms with Crippen molar-refractivity contribution < 1.29 is 23.9 Å². The van der Waals surface area contributed by atoms with Gasteiger partial charge >= 0.3 is 6.03 Å². The van der Waals surface area contributed by atoms with Crippen LogP contribution in [0.1, 0.15) is 13.3 Å². The van der Waals surface area contributed by atoms with E-state index in [4.69, 9.17) is 9.47 Å². The van der Waals surface area contributed by atoms with Gasteiger partial charge in [0.05, 0.1) is 18.0 Å². The van der Waals surface area contributed by atoms with Gasteiger partial charge in [-0.05, 0) is 49.7 Å². The SMILES string of the molecule is CCOc1ccc(NC(=O)N2CC(=O)N(CC(=O)NCCCOC)c3ccccc32)cc1. The van der Waals surface area contributed by atoms with Crippen LogP contribution in [0.4, 0.5) is 21.9 Å². The summed E-state index contributed by atoms with van der Waals surface area (Å²) in [6.07, 6.45) is 0.687. The Morgan fingerprint density at radius 1 is 1.06 bits per heavy atom. The first kappa shape index (κ1) is 23.1. The largest absolute Gasteiger partial charge is 0.494 e. The summed E-state index contributed by atoms with van der Waals surface area (Å²) >= 11 is 0. The molecule has 2 aromatic carbocycles. The van der Waals surface area contributed by atoms with E-state index in [2.05, 4.69) is 10.6 Å². The standard InChI is InChI=1S/C23H28N4O5/c1-3-32-18-11-9-17(10-12-18)25-23(30)27-16-22(29)26(19-7-4-5-8-20(19)27)15-21(28)24-13-6-14-31-2/h4-5,7-12H,3,6,13-16H2,1-2H3,(H,24,28)(H,25,30). The number of hydrogen-bond acceptors (Lipinski definition) is 5. The molecule has 4 amide bonds. The number of carbonyl (C=O) groups excluding carboxylic acids is 3. The van der Waals surface area contributed by atoms with Crippen molar-refractivity contribution in [2.45, 2.75) is 13.3 Å². The Labute approximate surface area is 187 Å². The fraction of sp³-hybridized carbons (Fsp3) is 0.348. The number of methoxy groups -OCH3 is 1. The van der Waals surface area contributed by atoms with Gasteiger partial charge in [0.1, 0.15) is 18.8 Å². The number of para-hydroxylation sites is 2. The third kappa shape index (κ3) is 5.76. The highest BCUT2D eigenvalue weighted by atomic mass is 16.5. The van der Waals surface area contributed by atoms with Gasteiger partial charge in [-0.1, -0.05) is 12.1 Å². The van der Waals surface area contributed by atoms with Crippen LogP contribution in [0, 0.1) is 0 Å². The van der Waals surface area contributed by atoms with Gasteiger partial charge < -0.3 is 20.1 Å². The maximum Gasteiger partial charge on any atom is 0.326 e. The Bertz CT molecular complexity index is 948. The summed E-state index contributed by atoms with van der Waals surface area (Å²) in [5.41, 5.74) is 1.65. The van der Waals surface area contributed by atoms with Crippen molar-refractivity contribution in [3.8, 4) is 5.75 Å². The van der Waals surface area contributed by atoms with E-state index in [1.807, 2.05) is 6.92 Å². The van der Waals surface area contributed by atoms with Crippen LogP contribution in [-0.2, 0) is 14.3 Å². The van der Waals surface area contributed by atoms with Crippen molar-refractivity contribution in [2.24, 2.45) is 0 Å². The normalized spacial score (nSPS) is 12.9. The van der Waals surface area contributed by atoms with Crippen LogP contribution in [-0.4, -0.2) is 57.8 Å². The molecule has 1 aliphatic heterocycles. The molecule has 0 unspecified atom stereocenters. The third-order valence-electron chi connectivity index (χ3n) is 4.87. The van der Waals surface area contributed by atoms with E-state index in [0.717, 1.165) is 0 Å². The summed E-state index contributed by atoms with van der Waals surface area (Å²) in [5, 5.41) is 5.59. The van der Waals surface area contributed by atoms with Crippen molar-refractivity contribution in [1.29, 1.82) is 0 Å². The molecule has 0 aromatic heterocycles. The number of rotatable bonds is 9. The molecule has 0 fully saturated rings. The summed E-state index contributed by atoms with van der Waals surface area (Å²) in [6, 6.07) is 13.6. The van der Waals surface area contributed by atoms with Crippen LogP contribution in [0.3, 0.4) is 0 Å². The Morgan fingerprint density at radius 3 is 2.47 bits per heavy atom. The van der Waals surface area contributed by atoms with Crippen LogP contribution < -0.4 is 25.2 Å². The zero-order valence-corrected chi connectivity index (χ0v) is 18.3. The summed E-state index contributed by atoms with van der Waals surface area (Å²) in [4.78, 5) is 40.9. The van der Waals surface area contributed by atoms with E-state index in [9.17, 15) is 14.4 Å². The maximum absolute atomic E-state index is 12.9. The van der Waals surface area contributed by atoms with Gasteiger partial charge in [-0.3, -0.25) is 19.4 Å². The summed E-state index contributed by atoms with van der Waals surface area (Å²) in [7, 11) is 1.60. The Balaban J connectivity index is 1.70.